The van der Waals surface area contributed by atoms with Gasteiger partial charge in [-0.3, -0.25) is 0 Å². The van der Waals surface area contributed by atoms with Crippen LogP contribution in [0.25, 0.3) is 0 Å². The summed E-state index contributed by atoms with van der Waals surface area (Å²) in [6.07, 6.45) is 10.2. The van der Waals surface area contributed by atoms with Crippen molar-refractivity contribution >= 4 is 11.8 Å². The highest BCUT2D eigenvalue weighted by Crippen LogP contribution is 2.28. The molecule has 0 aromatic heterocycles. The van der Waals surface area contributed by atoms with Gasteiger partial charge in [-0.15, -0.1) is 11.8 Å². The van der Waals surface area contributed by atoms with Gasteiger partial charge in [0.15, 0.2) is 0 Å². The average Bonchev–Trinajstić information content (AvgIpc) is 2.16. The van der Waals surface area contributed by atoms with Crippen LogP contribution in [0.5, 0.6) is 0 Å². The van der Waals surface area contributed by atoms with E-state index < -0.39 is 0 Å². The highest BCUT2D eigenvalue weighted by molar-refractivity contribution is 8.03. The molecule has 0 aromatic carbocycles. The molecule has 0 saturated carbocycles. The Balaban J connectivity index is 4.72. The van der Waals surface area contributed by atoms with Gasteiger partial charge >= 0.3 is 0 Å². The highest BCUT2D eigenvalue weighted by Gasteiger charge is 2.03. The molecule has 1 heteroatoms. The summed E-state index contributed by atoms with van der Waals surface area (Å²) >= 11 is 1.87. The van der Waals surface area contributed by atoms with E-state index in [0.29, 0.717) is 5.25 Å². The van der Waals surface area contributed by atoms with Crippen LogP contribution in [0.4, 0.5) is 0 Å². The van der Waals surface area contributed by atoms with E-state index in [1.807, 2.05) is 36.9 Å². The lowest BCUT2D eigenvalue weighted by Crippen LogP contribution is -1.90. The van der Waals surface area contributed by atoms with E-state index in [-0.39, 0.29) is 0 Å². The SMILES string of the molecule is C=CC(=C\C=C\C)/C(=C/C)SC(C)C. The second-order valence-corrected chi connectivity index (χ2v) is 4.79. The van der Waals surface area contributed by atoms with Gasteiger partial charge in [0.25, 0.3) is 0 Å². The molecule has 14 heavy (non-hydrogen) atoms. The predicted molar refractivity (Wildman–Crippen MR) is 69.6 cm³/mol. The summed E-state index contributed by atoms with van der Waals surface area (Å²) < 4.78 is 0. The molecule has 0 atom stereocenters. The van der Waals surface area contributed by atoms with Crippen LogP contribution in [-0.2, 0) is 0 Å². The number of hydrogen-bond acceptors (Lipinski definition) is 1. The van der Waals surface area contributed by atoms with E-state index in [2.05, 4.69) is 39.5 Å². The minimum Gasteiger partial charge on any atom is -0.123 e. The van der Waals surface area contributed by atoms with Crippen molar-refractivity contribution in [2.45, 2.75) is 32.9 Å². The van der Waals surface area contributed by atoms with Gasteiger partial charge in [0, 0.05) is 10.2 Å². The molecule has 0 radical (unpaired) electrons. The fourth-order valence-corrected chi connectivity index (χ4v) is 1.94. The fraction of sp³-hybridized carbons (Fsp3) is 0.385. The van der Waals surface area contributed by atoms with Gasteiger partial charge < -0.3 is 0 Å². The Hall–Kier alpha value is -0.690. The fourth-order valence-electron chi connectivity index (χ4n) is 1.01. The molecular formula is C13H20S. The Morgan fingerprint density at radius 1 is 1.29 bits per heavy atom. The normalized spacial score (nSPS) is 14.1. The lowest BCUT2D eigenvalue weighted by atomic mass is 10.2. The van der Waals surface area contributed by atoms with E-state index in [9.17, 15) is 0 Å². The third-order valence-corrected chi connectivity index (χ3v) is 2.79. The Kier molecular flexibility index (Phi) is 7.31. The van der Waals surface area contributed by atoms with Crippen molar-refractivity contribution in [1.82, 2.24) is 0 Å². The molecule has 0 saturated heterocycles. The largest absolute Gasteiger partial charge is 0.123 e. The molecule has 0 unspecified atom stereocenters. The number of rotatable bonds is 5. The molecule has 0 nitrogen and oxygen atoms in total. The molecule has 0 aliphatic heterocycles. The van der Waals surface area contributed by atoms with E-state index in [1.54, 1.807) is 0 Å². The van der Waals surface area contributed by atoms with Gasteiger partial charge in [-0.2, -0.15) is 0 Å². The summed E-state index contributed by atoms with van der Waals surface area (Å²) in [4.78, 5) is 1.30. The number of hydrogen-bond donors (Lipinski definition) is 0. The van der Waals surface area contributed by atoms with Crippen molar-refractivity contribution in [3.8, 4) is 0 Å². The number of thioether (sulfide) groups is 1. The van der Waals surface area contributed by atoms with Crippen molar-refractivity contribution in [1.29, 1.82) is 0 Å². The Morgan fingerprint density at radius 2 is 1.93 bits per heavy atom. The number of allylic oxidation sites excluding steroid dienone is 6. The molecule has 0 fully saturated rings. The van der Waals surface area contributed by atoms with Gasteiger partial charge in [-0.05, 0) is 19.4 Å². The van der Waals surface area contributed by atoms with Crippen molar-refractivity contribution in [3.05, 3.63) is 47.4 Å². The predicted octanol–water partition coefficient (Wildman–Crippen LogP) is 4.72. The van der Waals surface area contributed by atoms with E-state index in [1.165, 1.54) is 10.5 Å². The van der Waals surface area contributed by atoms with Crippen LogP contribution in [-0.4, -0.2) is 5.25 Å². The van der Waals surface area contributed by atoms with Crippen molar-refractivity contribution in [2.24, 2.45) is 0 Å². The minimum atomic E-state index is 0.607. The van der Waals surface area contributed by atoms with Crippen molar-refractivity contribution in [2.75, 3.05) is 0 Å². The summed E-state index contributed by atoms with van der Waals surface area (Å²) in [6.45, 7) is 12.3. The molecule has 0 aliphatic rings. The van der Waals surface area contributed by atoms with Gasteiger partial charge in [-0.1, -0.05) is 50.8 Å². The highest BCUT2D eigenvalue weighted by atomic mass is 32.2. The van der Waals surface area contributed by atoms with Crippen molar-refractivity contribution < 1.29 is 0 Å². The maximum absolute atomic E-state index is 3.83. The Morgan fingerprint density at radius 3 is 2.29 bits per heavy atom. The maximum Gasteiger partial charge on any atom is 0.0104 e. The van der Waals surface area contributed by atoms with E-state index in [4.69, 9.17) is 0 Å². The third-order valence-electron chi connectivity index (χ3n) is 1.60. The second-order valence-electron chi connectivity index (χ2n) is 3.17. The molecule has 0 aliphatic carbocycles. The smallest absolute Gasteiger partial charge is 0.0104 e. The first-order valence-corrected chi connectivity index (χ1v) is 5.82. The zero-order valence-electron chi connectivity index (χ0n) is 9.58. The zero-order chi connectivity index (χ0) is 11.0. The molecule has 0 bridgehead atoms. The lowest BCUT2D eigenvalue weighted by molar-refractivity contribution is 1.12. The molecular weight excluding hydrogens is 188 g/mol. The molecule has 0 N–H and O–H groups in total. The monoisotopic (exact) mass is 208 g/mol. The first-order chi connectivity index (χ1) is 6.65. The molecule has 0 aromatic rings. The van der Waals surface area contributed by atoms with Gasteiger partial charge in [0.05, 0.1) is 0 Å². The molecule has 0 rings (SSSR count). The summed E-state index contributed by atoms with van der Waals surface area (Å²) in [5.74, 6) is 0. The van der Waals surface area contributed by atoms with Crippen LogP contribution in [0.3, 0.4) is 0 Å². The van der Waals surface area contributed by atoms with Gasteiger partial charge in [-0.25, -0.2) is 0 Å². The second kappa shape index (κ2) is 7.69. The Labute approximate surface area is 92.5 Å². The van der Waals surface area contributed by atoms with E-state index in [0.717, 1.165) is 0 Å². The van der Waals surface area contributed by atoms with Crippen LogP contribution in [0.2, 0.25) is 0 Å². The van der Waals surface area contributed by atoms with Crippen molar-refractivity contribution in [3.63, 3.8) is 0 Å². The van der Waals surface area contributed by atoms with Crippen LogP contribution in [0.15, 0.2) is 47.4 Å². The topological polar surface area (TPSA) is 0 Å². The van der Waals surface area contributed by atoms with Crippen LogP contribution >= 0.6 is 11.8 Å². The molecule has 0 heterocycles. The van der Waals surface area contributed by atoms with Crippen LogP contribution in [0.1, 0.15) is 27.7 Å². The molecule has 0 amide bonds. The average molecular weight is 208 g/mol. The van der Waals surface area contributed by atoms with Crippen LogP contribution in [0, 0.1) is 0 Å². The molecule has 0 spiro atoms. The first kappa shape index (κ1) is 13.3. The maximum atomic E-state index is 3.83. The van der Waals surface area contributed by atoms with Gasteiger partial charge in [0.1, 0.15) is 0 Å². The summed E-state index contributed by atoms with van der Waals surface area (Å²) in [7, 11) is 0. The Bertz CT molecular complexity index is 254. The lowest BCUT2D eigenvalue weighted by Gasteiger charge is -2.09. The van der Waals surface area contributed by atoms with Gasteiger partial charge in [0.2, 0.25) is 0 Å². The summed E-state index contributed by atoms with van der Waals surface area (Å²) in [5.41, 5.74) is 1.20. The standard InChI is InChI=1S/C13H20S/c1-6-9-10-12(7-2)13(8-3)14-11(4)5/h6-11H,2H2,1,3-5H3/b9-6+,12-10+,13-8-. The third kappa shape index (κ3) is 5.13. The summed E-state index contributed by atoms with van der Waals surface area (Å²) in [6, 6.07) is 0. The quantitative estimate of drug-likeness (QED) is 0.589. The van der Waals surface area contributed by atoms with E-state index >= 15 is 0 Å². The first-order valence-electron chi connectivity index (χ1n) is 4.94. The zero-order valence-corrected chi connectivity index (χ0v) is 10.4. The molecule has 78 valence electrons. The minimum absolute atomic E-state index is 0.607. The van der Waals surface area contributed by atoms with Crippen LogP contribution < -0.4 is 0 Å². The summed E-state index contributed by atoms with van der Waals surface area (Å²) in [5, 5.41) is 0.607.